The van der Waals surface area contributed by atoms with Gasteiger partial charge in [-0.3, -0.25) is 4.79 Å². The van der Waals surface area contributed by atoms with Crippen LogP contribution < -0.4 is 4.72 Å². The van der Waals surface area contributed by atoms with E-state index in [4.69, 9.17) is 4.52 Å². The lowest BCUT2D eigenvalue weighted by atomic mass is 10.3. The third-order valence-corrected chi connectivity index (χ3v) is 4.17. The molecule has 1 N–H and O–H groups in total. The standard InChI is InChI=1S/C13H17N5O4S/c1-9-5-11(16-22-9)13(19)18-4-3-17-7-10(15-12(17)8-18)6-14-23(2,20)21/h5,7,14H,3-4,6,8H2,1-2H3. The number of nitrogens with one attached hydrogen (secondary N) is 1. The first kappa shape index (κ1) is 15.7. The Morgan fingerprint density at radius 3 is 2.87 bits per heavy atom. The minimum Gasteiger partial charge on any atom is -0.361 e. The molecular weight excluding hydrogens is 322 g/mol. The van der Waals surface area contributed by atoms with Gasteiger partial charge in [-0.05, 0) is 6.92 Å². The molecule has 3 rings (SSSR count). The molecule has 10 heteroatoms. The average molecular weight is 339 g/mol. The number of aromatic nitrogens is 3. The molecule has 2 aromatic heterocycles. The summed E-state index contributed by atoms with van der Waals surface area (Å²) >= 11 is 0. The molecule has 0 atom stereocenters. The summed E-state index contributed by atoms with van der Waals surface area (Å²) in [7, 11) is -3.26. The summed E-state index contributed by atoms with van der Waals surface area (Å²) in [5.74, 6) is 1.10. The minimum atomic E-state index is -3.26. The van der Waals surface area contributed by atoms with Gasteiger partial charge in [0.1, 0.15) is 11.6 Å². The Balaban J connectivity index is 1.71. The van der Waals surface area contributed by atoms with Crippen molar-refractivity contribution < 1.29 is 17.7 Å². The van der Waals surface area contributed by atoms with Crippen molar-refractivity contribution in [2.75, 3.05) is 12.8 Å². The number of aryl methyl sites for hydroxylation is 1. The number of hydrogen-bond acceptors (Lipinski definition) is 6. The third-order valence-electron chi connectivity index (χ3n) is 3.50. The highest BCUT2D eigenvalue weighted by atomic mass is 32.2. The maximum atomic E-state index is 12.4. The number of nitrogens with zero attached hydrogens (tertiary/aromatic N) is 4. The zero-order chi connectivity index (χ0) is 16.6. The van der Waals surface area contributed by atoms with Gasteiger partial charge in [0.15, 0.2) is 5.69 Å². The van der Waals surface area contributed by atoms with E-state index in [9.17, 15) is 13.2 Å². The summed E-state index contributed by atoms with van der Waals surface area (Å²) in [4.78, 5) is 18.4. The molecule has 0 saturated heterocycles. The van der Waals surface area contributed by atoms with Gasteiger partial charge in [-0.1, -0.05) is 5.16 Å². The SMILES string of the molecule is Cc1cc(C(=O)N2CCn3cc(CNS(C)(=O)=O)nc3C2)no1. The van der Waals surface area contributed by atoms with Crippen molar-refractivity contribution in [2.24, 2.45) is 0 Å². The van der Waals surface area contributed by atoms with Gasteiger partial charge in [0.05, 0.1) is 25.0 Å². The molecule has 1 aliphatic heterocycles. The summed E-state index contributed by atoms with van der Waals surface area (Å²) in [6, 6.07) is 1.60. The third kappa shape index (κ3) is 3.59. The molecular formula is C13H17N5O4S. The quantitative estimate of drug-likeness (QED) is 0.832. The van der Waals surface area contributed by atoms with Gasteiger partial charge >= 0.3 is 0 Å². The van der Waals surface area contributed by atoms with Crippen molar-refractivity contribution in [3.05, 3.63) is 35.2 Å². The van der Waals surface area contributed by atoms with Crippen LogP contribution in [0.15, 0.2) is 16.8 Å². The number of sulfonamides is 1. The molecule has 1 aliphatic rings. The molecule has 2 aromatic rings. The predicted molar refractivity (Wildman–Crippen MR) is 79.9 cm³/mol. The van der Waals surface area contributed by atoms with E-state index in [1.165, 1.54) is 0 Å². The van der Waals surface area contributed by atoms with Gasteiger partial charge < -0.3 is 14.0 Å². The summed E-state index contributed by atoms with van der Waals surface area (Å²) in [5, 5.41) is 3.74. The van der Waals surface area contributed by atoms with Gasteiger partial charge in [0.2, 0.25) is 10.0 Å². The summed E-state index contributed by atoms with van der Waals surface area (Å²) in [5.41, 5.74) is 0.901. The summed E-state index contributed by atoms with van der Waals surface area (Å²) < 4.78 is 31.5. The Kier molecular flexibility index (Phi) is 3.94. The monoisotopic (exact) mass is 339 g/mol. The summed E-state index contributed by atoms with van der Waals surface area (Å²) in [6.07, 6.45) is 2.90. The highest BCUT2D eigenvalue weighted by Crippen LogP contribution is 2.16. The molecule has 23 heavy (non-hydrogen) atoms. The smallest absolute Gasteiger partial charge is 0.276 e. The molecule has 3 heterocycles. The first-order chi connectivity index (χ1) is 10.8. The number of carbonyl (C=O) groups is 1. The van der Waals surface area contributed by atoms with Crippen LogP contribution in [0.4, 0.5) is 0 Å². The fourth-order valence-corrected chi connectivity index (χ4v) is 2.81. The second kappa shape index (κ2) is 5.78. The fourth-order valence-electron chi connectivity index (χ4n) is 2.40. The van der Waals surface area contributed by atoms with Crippen LogP contribution in [0.25, 0.3) is 0 Å². The van der Waals surface area contributed by atoms with Crippen LogP contribution in [0.5, 0.6) is 0 Å². The predicted octanol–water partition coefficient (Wildman–Crippen LogP) is -0.115. The number of amides is 1. The van der Waals surface area contributed by atoms with E-state index >= 15 is 0 Å². The molecule has 0 unspecified atom stereocenters. The van der Waals surface area contributed by atoms with Crippen LogP contribution in [-0.4, -0.2) is 46.7 Å². The van der Waals surface area contributed by atoms with Crippen molar-refractivity contribution in [3.8, 4) is 0 Å². The minimum absolute atomic E-state index is 0.134. The Morgan fingerprint density at radius 1 is 1.43 bits per heavy atom. The Bertz CT molecular complexity index is 838. The number of hydrogen-bond donors (Lipinski definition) is 1. The second-order valence-corrected chi connectivity index (χ2v) is 7.32. The first-order valence-electron chi connectivity index (χ1n) is 7.04. The lowest BCUT2D eigenvalue weighted by Crippen LogP contribution is -2.38. The Hall–Kier alpha value is -2.20. The molecule has 0 saturated carbocycles. The van der Waals surface area contributed by atoms with Gasteiger partial charge in [0, 0.05) is 25.4 Å². The lowest BCUT2D eigenvalue weighted by molar-refractivity contribution is 0.0697. The number of carbonyl (C=O) groups excluding carboxylic acids is 1. The first-order valence-corrected chi connectivity index (χ1v) is 8.93. The zero-order valence-corrected chi connectivity index (χ0v) is 13.6. The molecule has 9 nitrogen and oxygen atoms in total. The van der Waals surface area contributed by atoms with Gasteiger partial charge in [-0.15, -0.1) is 0 Å². The normalized spacial score (nSPS) is 14.8. The van der Waals surface area contributed by atoms with Crippen LogP contribution in [0.3, 0.4) is 0 Å². The molecule has 1 amide bonds. The van der Waals surface area contributed by atoms with Gasteiger partial charge in [0.25, 0.3) is 5.91 Å². The van der Waals surface area contributed by atoms with E-state index in [-0.39, 0.29) is 18.1 Å². The van der Waals surface area contributed by atoms with Crippen LogP contribution >= 0.6 is 0 Å². The van der Waals surface area contributed by atoms with Crippen LogP contribution in [0.1, 0.15) is 27.8 Å². The number of imidazole rings is 1. The fraction of sp³-hybridized carbons (Fsp3) is 0.462. The molecule has 0 aromatic carbocycles. The van der Waals surface area contributed by atoms with Gasteiger partial charge in [-0.2, -0.15) is 0 Å². The van der Waals surface area contributed by atoms with E-state index in [0.29, 0.717) is 31.1 Å². The molecule has 0 fully saturated rings. The van der Waals surface area contributed by atoms with E-state index in [0.717, 1.165) is 12.1 Å². The zero-order valence-electron chi connectivity index (χ0n) is 12.8. The van der Waals surface area contributed by atoms with Crippen molar-refractivity contribution in [1.82, 2.24) is 24.3 Å². The summed E-state index contributed by atoms with van der Waals surface area (Å²) in [6.45, 7) is 3.35. The highest BCUT2D eigenvalue weighted by molar-refractivity contribution is 7.88. The Labute approximate surface area is 133 Å². The largest absolute Gasteiger partial charge is 0.361 e. The van der Waals surface area contributed by atoms with E-state index in [1.54, 1.807) is 24.1 Å². The van der Waals surface area contributed by atoms with Gasteiger partial charge in [-0.25, -0.2) is 18.1 Å². The second-order valence-electron chi connectivity index (χ2n) is 5.48. The van der Waals surface area contributed by atoms with E-state index in [1.807, 2.05) is 4.57 Å². The number of rotatable bonds is 4. The highest BCUT2D eigenvalue weighted by Gasteiger charge is 2.25. The van der Waals surface area contributed by atoms with Crippen LogP contribution in [-0.2, 0) is 29.7 Å². The molecule has 0 bridgehead atoms. The Morgan fingerprint density at radius 2 is 2.22 bits per heavy atom. The van der Waals surface area contributed by atoms with Crippen molar-refractivity contribution in [2.45, 2.75) is 26.6 Å². The lowest BCUT2D eigenvalue weighted by Gasteiger charge is -2.26. The van der Waals surface area contributed by atoms with E-state index in [2.05, 4.69) is 14.9 Å². The molecule has 0 aliphatic carbocycles. The van der Waals surface area contributed by atoms with Crippen LogP contribution in [0.2, 0.25) is 0 Å². The van der Waals surface area contributed by atoms with Crippen LogP contribution in [0, 0.1) is 6.92 Å². The number of fused-ring (bicyclic) bond motifs is 1. The van der Waals surface area contributed by atoms with E-state index < -0.39 is 10.0 Å². The molecule has 124 valence electrons. The topological polar surface area (TPSA) is 110 Å². The van der Waals surface area contributed by atoms with Crippen molar-refractivity contribution in [3.63, 3.8) is 0 Å². The maximum absolute atomic E-state index is 12.4. The average Bonchev–Trinajstić information content (AvgIpc) is 3.08. The molecule has 0 spiro atoms. The molecule has 0 radical (unpaired) electrons. The van der Waals surface area contributed by atoms with Crippen molar-refractivity contribution >= 4 is 15.9 Å². The van der Waals surface area contributed by atoms with Crippen molar-refractivity contribution in [1.29, 1.82) is 0 Å². The maximum Gasteiger partial charge on any atom is 0.276 e.